The van der Waals surface area contributed by atoms with Crippen LogP contribution in [0, 0.1) is 5.92 Å². The second kappa shape index (κ2) is 5.14. The van der Waals surface area contributed by atoms with E-state index >= 15 is 0 Å². The molecule has 0 spiro atoms. The zero-order valence-electron chi connectivity index (χ0n) is 11.1. The van der Waals surface area contributed by atoms with E-state index in [0.29, 0.717) is 19.5 Å². The van der Waals surface area contributed by atoms with Crippen molar-refractivity contribution >= 4 is 0 Å². The van der Waals surface area contributed by atoms with Crippen LogP contribution in [-0.4, -0.2) is 42.8 Å². The Hall–Kier alpha value is -0.290. The molecule has 0 bridgehead atoms. The number of hydrogen-bond acceptors (Lipinski definition) is 2. The molecule has 0 aromatic heterocycles. The summed E-state index contributed by atoms with van der Waals surface area (Å²) in [6, 6.07) is -0.417. The van der Waals surface area contributed by atoms with Crippen molar-refractivity contribution < 1.29 is 13.2 Å². The van der Waals surface area contributed by atoms with Gasteiger partial charge in [-0.15, -0.1) is 0 Å². The summed E-state index contributed by atoms with van der Waals surface area (Å²) in [6.45, 7) is 7.37. The predicted molar refractivity (Wildman–Crippen MR) is 63.0 cm³/mol. The number of halogens is 3. The minimum absolute atomic E-state index is 0.00628. The Morgan fingerprint density at radius 2 is 1.82 bits per heavy atom. The van der Waals surface area contributed by atoms with Crippen molar-refractivity contribution in [2.45, 2.75) is 51.4 Å². The molecule has 1 N–H and O–H groups in total. The average molecular weight is 252 g/mol. The number of alkyl halides is 3. The van der Waals surface area contributed by atoms with Crippen molar-refractivity contribution in [1.82, 2.24) is 10.2 Å². The summed E-state index contributed by atoms with van der Waals surface area (Å²) < 4.78 is 38.1. The van der Waals surface area contributed by atoms with Crippen LogP contribution in [0.3, 0.4) is 0 Å². The Kier molecular flexibility index (Phi) is 4.47. The predicted octanol–water partition coefficient (Wildman–Crippen LogP) is 2.65. The fourth-order valence-corrected chi connectivity index (χ4v) is 2.13. The van der Waals surface area contributed by atoms with Crippen molar-refractivity contribution in [3.63, 3.8) is 0 Å². The van der Waals surface area contributed by atoms with Gasteiger partial charge in [-0.2, -0.15) is 13.2 Å². The third-order valence-corrected chi connectivity index (χ3v) is 3.69. The smallest absolute Gasteiger partial charge is 0.313 e. The Morgan fingerprint density at radius 1 is 1.24 bits per heavy atom. The summed E-state index contributed by atoms with van der Waals surface area (Å²) in [5, 5.41) is 2.97. The van der Waals surface area contributed by atoms with Crippen molar-refractivity contribution in [2.24, 2.45) is 5.92 Å². The molecule has 1 fully saturated rings. The van der Waals surface area contributed by atoms with Crippen LogP contribution in [0.15, 0.2) is 0 Å². The Balaban J connectivity index is 2.47. The Labute approximate surface area is 102 Å². The van der Waals surface area contributed by atoms with Gasteiger partial charge in [-0.25, -0.2) is 0 Å². The van der Waals surface area contributed by atoms with Crippen LogP contribution in [0.2, 0.25) is 0 Å². The fourth-order valence-electron chi connectivity index (χ4n) is 2.13. The minimum atomic E-state index is -4.06. The lowest BCUT2D eigenvalue weighted by Crippen LogP contribution is -2.43. The van der Waals surface area contributed by atoms with E-state index in [1.54, 1.807) is 0 Å². The van der Waals surface area contributed by atoms with Gasteiger partial charge in [0.25, 0.3) is 0 Å². The number of rotatable bonds is 3. The molecule has 5 heteroatoms. The van der Waals surface area contributed by atoms with Crippen molar-refractivity contribution in [3.8, 4) is 0 Å². The van der Waals surface area contributed by atoms with Crippen LogP contribution < -0.4 is 5.32 Å². The van der Waals surface area contributed by atoms with E-state index in [0.717, 1.165) is 0 Å². The molecule has 1 saturated heterocycles. The molecular weight excluding hydrogens is 229 g/mol. The van der Waals surface area contributed by atoms with Gasteiger partial charge in [-0.3, -0.25) is 0 Å². The van der Waals surface area contributed by atoms with Gasteiger partial charge in [0, 0.05) is 11.6 Å². The molecule has 102 valence electrons. The summed E-state index contributed by atoms with van der Waals surface area (Å²) >= 11 is 0. The van der Waals surface area contributed by atoms with Gasteiger partial charge in [0.05, 0.1) is 5.92 Å². The largest absolute Gasteiger partial charge is 0.393 e. The summed E-state index contributed by atoms with van der Waals surface area (Å²) in [7, 11) is 1.96. The molecule has 0 aliphatic carbocycles. The molecule has 0 amide bonds. The molecule has 1 aliphatic heterocycles. The van der Waals surface area contributed by atoms with Crippen LogP contribution >= 0.6 is 0 Å². The van der Waals surface area contributed by atoms with Gasteiger partial charge in [-0.05, 0) is 53.8 Å². The third-order valence-electron chi connectivity index (χ3n) is 3.69. The van der Waals surface area contributed by atoms with E-state index in [4.69, 9.17) is 0 Å². The Bertz CT molecular complexity index is 245. The van der Waals surface area contributed by atoms with Crippen LogP contribution in [0.1, 0.15) is 33.6 Å². The standard InChI is InChI=1S/C12H23F3N2/c1-11(2,3)17(4)8-6-10-9(5-7-16-10)12(13,14)15/h9-10,16H,5-8H2,1-4H3. The molecule has 17 heavy (non-hydrogen) atoms. The lowest BCUT2D eigenvalue weighted by atomic mass is 9.96. The quantitative estimate of drug-likeness (QED) is 0.830. The third kappa shape index (κ3) is 4.14. The molecule has 0 aromatic carbocycles. The monoisotopic (exact) mass is 252 g/mol. The van der Waals surface area contributed by atoms with Crippen LogP contribution in [0.5, 0.6) is 0 Å². The van der Waals surface area contributed by atoms with Gasteiger partial charge in [0.1, 0.15) is 0 Å². The zero-order valence-corrected chi connectivity index (χ0v) is 11.1. The lowest BCUT2D eigenvalue weighted by molar-refractivity contribution is -0.177. The fraction of sp³-hybridized carbons (Fsp3) is 1.00. The number of nitrogens with one attached hydrogen (secondary N) is 1. The van der Waals surface area contributed by atoms with Crippen LogP contribution in [0.4, 0.5) is 13.2 Å². The van der Waals surface area contributed by atoms with Crippen LogP contribution in [0.25, 0.3) is 0 Å². The maximum Gasteiger partial charge on any atom is 0.393 e. The first-order chi connectivity index (χ1) is 7.62. The molecule has 0 saturated carbocycles. The van der Waals surface area contributed by atoms with Gasteiger partial charge >= 0.3 is 6.18 Å². The van der Waals surface area contributed by atoms with E-state index in [2.05, 4.69) is 31.0 Å². The first-order valence-electron chi connectivity index (χ1n) is 6.13. The van der Waals surface area contributed by atoms with E-state index in [-0.39, 0.29) is 12.0 Å². The highest BCUT2D eigenvalue weighted by molar-refractivity contribution is 4.89. The zero-order chi connectivity index (χ0) is 13.3. The minimum Gasteiger partial charge on any atom is -0.313 e. The molecule has 1 aliphatic rings. The molecule has 2 nitrogen and oxygen atoms in total. The molecule has 2 atom stereocenters. The topological polar surface area (TPSA) is 15.3 Å². The van der Waals surface area contributed by atoms with Crippen molar-refractivity contribution in [2.75, 3.05) is 20.1 Å². The SMILES string of the molecule is CN(CCC1NCCC1C(F)(F)F)C(C)(C)C. The number of nitrogens with zero attached hydrogens (tertiary/aromatic N) is 1. The normalized spacial score (nSPS) is 26.8. The first-order valence-corrected chi connectivity index (χ1v) is 6.13. The van der Waals surface area contributed by atoms with E-state index in [9.17, 15) is 13.2 Å². The van der Waals surface area contributed by atoms with Gasteiger partial charge in [-0.1, -0.05) is 0 Å². The maximum atomic E-state index is 12.7. The summed E-state index contributed by atoms with van der Waals surface area (Å²) in [6.07, 6.45) is -3.29. The van der Waals surface area contributed by atoms with Gasteiger partial charge < -0.3 is 10.2 Å². The first kappa shape index (κ1) is 14.8. The molecule has 1 heterocycles. The van der Waals surface area contributed by atoms with Crippen molar-refractivity contribution in [1.29, 1.82) is 0 Å². The second-order valence-electron chi connectivity index (χ2n) is 5.88. The second-order valence-corrected chi connectivity index (χ2v) is 5.88. The molecular formula is C12H23F3N2. The summed E-state index contributed by atoms with van der Waals surface area (Å²) in [5.41, 5.74) is 0.00628. The number of hydrogen-bond donors (Lipinski definition) is 1. The molecule has 1 rings (SSSR count). The van der Waals surface area contributed by atoms with Gasteiger partial charge in [0.15, 0.2) is 0 Å². The molecule has 0 radical (unpaired) electrons. The molecule has 2 unspecified atom stereocenters. The highest BCUT2D eigenvalue weighted by Crippen LogP contribution is 2.35. The van der Waals surface area contributed by atoms with Crippen LogP contribution in [-0.2, 0) is 0 Å². The summed E-state index contributed by atoms with van der Waals surface area (Å²) in [5.74, 6) is -1.17. The lowest BCUT2D eigenvalue weighted by Gasteiger charge is -2.33. The highest BCUT2D eigenvalue weighted by Gasteiger charge is 2.46. The van der Waals surface area contributed by atoms with E-state index in [1.807, 2.05) is 7.05 Å². The Morgan fingerprint density at radius 3 is 2.29 bits per heavy atom. The summed E-state index contributed by atoms with van der Waals surface area (Å²) in [4.78, 5) is 2.10. The van der Waals surface area contributed by atoms with E-state index in [1.165, 1.54) is 0 Å². The average Bonchev–Trinajstić information content (AvgIpc) is 2.59. The van der Waals surface area contributed by atoms with Gasteiger partial charge in [0.2, 0.25) is 0 Å². The molecule has 0 aromatic rings. The van der Waals surface area contributed by atoms with E-state index < -0.39 is 18.1 Å². The highest BCUT2D eigenvalue weighted by atomic mass is 19.4. The maximum absolute atomic E-state index is 12.7. The van der Waals surface area contributed by atoms with Crippen molar-refractivity contribution in [3.05, 3.63) is 0 Å².